The van der Waals surface area contributed by atoms with Crippen LogP contribution in [0.25, 0.3) is 0 Å². The summed E-state index contributed by atoms with van der Waals surface area (Å²) in [6.45, 7) is 10.6. The fourth-order valence-corrected chi connectivity index (χ4v) is 4.48. The Morgan fingerprint density at radius 2 is 1.50 bits per heavy atom. The molecule has 0 aliphatic heterocycles. The number of ether oxygens (including phenoxy) is 1. The SMILES string of the molecule is CC(=O)O[C@@]12C(=O)C(=O)C(=C(O)C1=O)CC=C(C)CCC=C(C)CCC=C(C)C[C@@H]2C=C(C)C. The molecule has 0 saturated heterocycles. The van der Waals surface area contributed by atoms with Gasteiger partial charge in [-0.2, -0.15) is 0 Å². The topological polar surface area (TPSA) is 97.7 Å². The molecule has 2 bridgehead atoms. The van der Waals surface area contributed by atoms with Crippen LogP contribution in [0, 0.1) is 5.92 Å². The summed E-state index contributed by atoms with van der Waals surface area (Å²) < 4.78 is 5.41. The number of aliphatic hydroxyl groups is 1. The largest absolute Gasteiger partial charge is 0.504 e. The molecule has 34 heavy (non-hydrogen) atoms. The second-order valence-electron chi connectivity index (χ2n) is 9.63. The number of carbonyl (C=O) groups excluding carboxylic acids is 4. The summed E-state index contributed by atoms with van der Waals surface area (Å²) in [6.07, 6.45) is 11.1. The van der Waals surface area contributed by atoms with Gasteiger partial charge in [-0.05, 0) is 73.1 Å². The van der Waals surface area contributed by atoms with Crippen LogP contribution in [0.4, 0.5) is 0 Å². The summed E-state index contributed by atoms with van der Waals surface area (Å²) >= 11 is 0. The van der Waals surface area contributed by atoms with Gasteiger partial charge in [0.2, 0.25) is 17.2 Å². The van der Waals surface area contributed by atoms with E-state index in [1.165, 1.54) is 5.57 Å². The van der Waals surface area contributed by atoms with Crippen molar-refractivity contribution in [2.24, 2.45) is 5.92 Å². The molecule has 0 unspecified atom stereocenters. The van der Waals surface area contributed by atoms with Crippen molar-refractivity contribution in [2.75, 3.05) is 0 Å². The van der Waals surface area contributed by atoms with Gasteiger partial charge in [0.05, 0.1) is 5.57 Å². The summed E-state index contributed by atoms with van der Waals surface area (Å²) in [4.78, 5) is 52.4. The van der Waals surface area contributed by atoms with Crippen molar-refractivity contribution in [3.05, 3.63) is 57.9 Å². The van der Waals surface area contributed by atoms with Gasteiger partial charge in [0, 0.05) is 12.8 Å². The maximum atomic E-state index is 13.6. The maximum Gasteiger partial charge on any atom is 0.304 e. The second-order valence-corrected chi connectivity index (χ2v) is 9.63. The summed E-state index contributed by atoms with van der Waals surface area (Å²) in [6, 6.07) is 0. The lowest BCUT2D eigenvalue weighted by molar-refractivity contribution is -0.177. The summed E-state index contributed by atoms with van der Waals surface area (Å²) in [5.74, 6) is -5.74. The van der Waals surface area contributed by atoms with Crippen LogP contribution < -0.4 is 0 Å². The van der Waals surface area contributed by atoms with Gasteiger partial charge in [-0.1, -0.05) is 46.6 Å². The molecule has 3 rings (SSSR count). The van der Waals surface area contributed by atoms with E-state index in [-0.39, 0.29) is 18.4 Å². The zero-order valence-corrected chi connectivity index (χ0v) is 21.1. The van der Waals surface area contributed by atoms with Gasteiger partial charge >= 0.3 is 5.97 Å². The number of esters is 1. The minimum Gasteiger partial charge on any atom is -0.504 e. The average molecular weight is 469 g/mol. The van der Waals surface area contributed by atoms with E-state index in [2.05, 4.69) is 13.0 Å². The first-order chi connectivity index (χ1) is 15.9. The van der Waals surface area contributed by atoms with E-state index < -0.39 is 40.6 Å². The van der Waals surface area contributed by atoms with Crippen molar-refractivity contribution in [3.63, 3.8) is 0 Å². The molecule has 0 aromatic heterocycles. The number of Topliss-reactive ketones (excluding diaryl/α,β-unsaturated/α-hetero) is 3. The first-order valence-electron chi connectivity index (χ1n) is 11.8. The smallest absolute Gasteiger partial charge is 0.304 e. The lowest BCUT2D eigenvalue weighted by Gasteiger charge is -2.38. The zero-order chi connectivity index (χ0) is 25.6. The minimum atomic E-state index is -2.43. The number of carbonyl (C=O) groups is 4. The Balaban J connectivity index is 2.76. The van der Waals surface area contributed by atoms with Gasteiger partial charge < -0.3 is 9.84 Å². The Hall–Kier alpha value is -3.02. The van der Waals surface area contributed by atoms with E-state index >= 15 is 0 Å². The quantitative estimate of drug-likeness (QED) is 0.245. The number of aliphatic hydroxyl groups excluding tert-OH is 1. The molecule has 0 aromatic rings. The molecule has 0 spiro atoms. The predicted molar refractivity (Wildman–Crippen MR) is 131 cm³/mol. The standard InChI is InChI=1S/C28H36O6/c1-17(2)15-22-16-20(5)12-8-10-18(3)9-7-11-19(4)13-14-23-24(30)26(32)28(22,34-21(6)29)27(33)25(23)31/h9,12-13,15,22,30H,7-8,10-11,14,16H2,1-6H3/t22-,28+/m0/s1. The van der Waals surface area contributed by atoms with Gasteiger partial charge in [-0.3, -0.25) is 19.2 Å². The van der Waals surface area contributed by atoms with Crippen LogP contribution in [0.3, 0.4) is 0 Å². The van der Waals surface area contributed by atoms with E-state index in [0.29, 0.717) is 0 Å². The Kier molecular flexibility index (Phi) is 9.14. The molecule has 0 saturated carbocycles. The second kappa shape index (κ2) is 11.4. The van der Waals surface area contributed by atoms with Crippen molar-refractivity contribution in [1.29, 1.82) is 0 Å². The summed E-state index contributed by atoms with van der Waals surface area (Å²) in [5.41, 5.74) is 1.26. The van der Waals surface area contributed by atoms with E-state index in [4.69, 9.17) is 4.74 Å². The third-order valence-electron chi connectivity index (χ3n) is 6.28. The van der Waals surface area contributed by atoms with Crippen LogP contribution in [-0.4, -0.2) is 34.0 Å². The maximum absolute atomic E-state index is 13.6. The number of hydrogen-bond acceptors (Lipinski definition) is 6. The van der Waals surface area contributed by atoms with Crippen LogP contribution in [0.2, 0.25) is 0 Å². The fraction of sp³-hybridized carbons (Fsp3) is 0.500. The molecule has 0 amide bonds. The van der Waals surface area contributed by atoms with Crippen LogP contribution >= 0.6 is 0 Å². The lowest BCUT2D eigenvalue weighted by atomic mass is 9.69. The molecule has 0 fully saturated rings. The van der Waals surface area contributed by atoms with Crippen molar-refractivity contribution in [1.82, 2.24) is 0 Å². The predicted octanol–water partition coefficient (Wildman–Crippen LogP) is 5.60. The normalized spacial score (nSPS) is 25.3. The zero-order valence-electron chi connectivity index (χ0n) is 21.1. The van der Waals surface area contributed by atoms with E-state index in [1.54, 1.807) is 26.0 Å². The first kappa shape index (κ1) is 27.2. The fourth-order valence-electron chi connectivity index (χ4n) is 4.48. The Bertz CT molecular complexity index is 1030. The van der Waals surface area contributed by atoms with Crippen LogP contribution in [0.15, 0.2) is 57.9 Å². The third-order valence-corrected chi connectivity index (χ3v) is 6.28. The van der Waals surface area contributed by atoms with Crippen LogP contribution in [0.5, 0.6) is 0 Å². The first-order valence-corrected chi connectivity index (χ1v) is 11.8. The lowest BCUT2D eigenvalue weighted by Crippen LogP contribution is -2.61. The number of fused-ring (bicyclic) bond motifs is 11. The highest BCUT2D eigenvalue weighted by atomic mass is 16.6. The highest BCUT2D eigenvalue weighted by Gasteiger charge is 2.61. The molecular formula is C28H36O6. The van der Waals surface area contributed by atoms with E-state index in [0.717, 1.165) is 49.3 Å². The number of hydrogen-bond donors (Lipinski definition) is 1. The van der Waals surface area contributed by atoms with Gasteiger partial charge in [-0.15, -0.1) is 0 Å². The minimum absolute atomic E-state index is 0.0426. The van der Waals surface area contributed by atoms with Gasteiger partial charge in [-0.25, -0.2) is 0 Å². The van der Waals surface area contributed by atoms with Crippen molar-refractivity contribution < 1.29 is 29.0 Å². The van der Waals surface area contributed by atoms with Crippen molar-refractivity contribution >= 4 is 23.3 Å². The molecule has 0 heterocycles. The van der Waals surface area contributed by atoms with Crippen molar-refractivity contribution in [3.8, 4) is 0 Å². The molecule has 1 N–H and O–H groups in total. The number of allylic oxidation sites excluding steroid dienone is 8. The van der Waals surface area contributed by atoms with Gasteiger partial charge in [0.25, 0.3) is 5.78 Å². The highest BCUT2D eigenvalue weighted by Crippen LogP contribution is 2.39. The van der Waals surface area contributed by atoms with Gasteiger partial charge in [0.1, 0.15) is 0 Å². The highest BCUT2D eigenvalue weighted by molar-refractivity contribution is 6.54. The molecular weight excluding hydrogens is 432 g/mol. The number of ketones is 3. The summed E-state index contributed by atoms with van der Waals surface area (Å²) in [5, 5.41) is 10.8. The Morgan fingerprint density at radius 1 is 0.941 bits per heavy atom. The van der Waals surface area contributed by atoms with Crippen molar-refractivity contribution in [2.45, 2.75) is 85.7 Å². The molecule has 3 aliphatic rings. The van der Waals surface area contributed by atoms with E-state index in [1.807, 2.05) is 19.9 Å². The molecule has 3 aliphatic carbocycles. The molecule has 6 heteroatoms. The third kappa shape index (κ3) is 6.10. The molecule has 184 valence electrons. The van der Waals surface area contributed by atoms with Crippen LogP contribution in [-0.2, 0) is 23.9 Å². The monoisotopic (exact) mass is 468 g/mol. The van der Waals surface area contributed by atoms with Crippen LogP contribution in [0.1, 0.15) is 80.1 Å². The average Bonchev–Trinajstić information content (AvgIpc) is 2.74. The van der Waals surface area contributed by atoms with E-state index in [9.17, 15) is 24.3 Å². The molecule has 2 atom stereocenters. The Labute approximate surface area is 202 Å². The molecule has 0 radical (unpaired) electrons. The molecule has 0 aromatic carbocycles. The Morgan fingerprint density at radius 3 is 2.06 bits per heavy atom. The summed E-state index contributed by atoms with van der Waals surface area (Å²) in [7, 11) is 0. The van der Waals surface area contributed by atoms with Gasteiger partial charge in [0.15, 0.2) is 5.76 Å². The number of rotatable bonds is 2. The molecule has 6 nitrogen and oxygen atoms in total.